The van der Waals surface area contributed by atoms with Gasteiger partial charge in [-0.25, -0.2) is 0 Å². The summed E-state index contributed by atoms with van der Waals surface area (Å²) < 4.78 is 1.92. The molecule has 0 aromatic carbocycles. The van der Waals surface area contributed by atoms with Gasteiger partial charge in [-0.1, -0.05) is 6.92 Å². The van der Waals surface area contributed by atoms with Crippen molar-refractivity contribution in [3.8, 4) is 11.5 Å². The number of hydrogen-bond donors (Lipinski definition) is 1. The van der Waals surface area contributed by atoms with Gasteiger partial charge in [-0.15, -0.1) is 0 Å². The van der Waals surface area contributed by atoms with Crippen molar-refractivity contribution in [2.24, 2.45) is 0 Å². The second-order valence-electron chi connectivity index (χ2n) is 4.65. The van der Waals surface area contributed by atoms with Gasteiger partial charge >= 0.3 is 0 Å². The Morgan fingerprint density at radius 2 is 2.00 bits per heavy atom. The quantitative estimate of drug-likeness (QED) is 0.864. The molecule has 0 amide bonds. The molecule has 0 aliphatic rings. The number of nitrogens with zero attached hydrogens (tertiary/aromatic N) is 6. The molecular weight excluding hydrogens is 254 g/mol. The van der Waals surface area contributed by atoms with E-state index in [-0.39, 0.29) is 0 Å². The zero-order chi connectivity index (χ0) is 14.5. The first kappa shape index (κ1) is 14.2. The summed E-state index contributed by atoms with van der Waals surface area (Å²) in [6.07, 6.45) is 2.79. The topological polar surface area (TPSA) is 71.8 Å². The molecule has 0 radical (unpaired) electrons. The van der Waals surface area contributed by atoms with Crippen LogP contribution in [0.15, 0.2) is 12.3 Å². The number of aryl methyl sites for hydroxylation is 1. The normalized spacial score (nSPS) is 10.6. The first-order valence-electron chi connectivity index (χ1n) is 6.85. The molecule has 0 saturated heterocycles. The molecule has 2 aromatic rings. The first-order valence-corrected chi connectivity index (χ1v) is 6.85. The van der Waals surface area contributed by atoms with E-state index in [9.17, 15) is 0 Å². The standard InChI is InChI=1S/C13H21N7/c1-5-9-20-10(7-8-15-20)11-16-12(14-6-2)18-13(17-11)19(3)4/h7-8H,5-6,9H2,1-4H3,(H,14,16,17,18). The molecule has 0 bridgehead atoms. The van der Waals surface area contributed by atoms with Crippen LogP contribution in [0.4, 0.5) is 11.9 Å². The molecule has 108 valence electrons. The van der Waals surface area contributed by atoms with Crippen LogP contribution >= 0.6 is 0 Å². The molecule has 1 N–H and O–H groups in total. The zero-order valence-electron chi connectivity index (χ0n) is 12.5. The SMILES string of the molecule is CCCn1nccc1-c1nc(NCC)nc(N(C)C)n1. The van der Waals surface area contributed by atoms with Crippen LogP contribution in [0.2, 0.25) is 0 Å². The predicted octanol–water partition coefficient (Wildman–Crippen LogP) is 1.64. The third-order valence-electron chi connectivity index (χ3n) is 2.74. The van der Waals surface area contributed by atoms with E-state index in [1.54, 1.807) is 6.20 Å². The Bertz CT molecular complexity index is 562. The Balaban J connectivity index is 2.46. The molecule has 2 rings (SSSR count). The third-order valence-corrected chi connectivity index (χ3v) is 2.74. The Morgan fingerprint density at radius 1 is 1.20 bits per heavy atom. The van der Waals surface area contributed by atoms with E-state index in [0.717, 1.165) is 25.2 Å². The maximum Gasteiger partial charge on any atom is 0.230 e. The highest BCUT2D eigenvalue weighted by atomic mass is 15.3. The highest BCUT2D eigenvalue weighted by molar-refractivity contribution is 5.54. The Hall–Kier alpha value is -2.18. The lowest BCUT2D eigenvalue weighted by Gasteiger charge is -2.13. The molecule has 0 aliphatic heterocycles. The third kappa shape index (κ3) is 3.04. The van der Waals surface area contributed by atoms with Crippen LogP contribution in [0.25, 0.3) is 11.5 Å². The minimum atomic E-state index is 0.588. The summed E-state index contributed by atoms with van der Waals surface area (Å²) in [4.78, 5) is 15.2. The maximum absolute atomic E-state index is 4.50. The molecule has 0 saturated carbocycles. The molecule has 0 atom stereocenters. The Morgan fingerprint density at radius 3 is 2.65 bits per heavy atom. The second-order valence-corrected chi connectivity index (χ2v) is 4.65. The molecule has 7 nitrogen and oxygen atoms in total. The van der Waals surface area contributed by atoms with Gasteiger partial charge in [-0.05, 0) is 19.4 Å². The lowest BCUT2D eigenvalue weighted by molar-refractivity contribution is 0.606. The van der Waals surface area contributed by atoms with Crippen molar-refractivity contribution in [1.82, 2.24) is 24.7 Å². The van der Waals surface area contributed by atoms with E-state index in [0.29, 0.717) is 17.7 Å². The number of hydrogen-bond acceptors (Lipinski definition) is 6. The highest BCUT2D eigenvalue weighted by Gasteiger charge is 2.13. The lowest BCUT2D eigenvalue weighted by Crippen LogP contribution is -2.16. The van der Waals surface area contributed by atoms with E-state index >= 15 is 0 Å². The van der Waals surface area contributed by atoms with E-state index in [1.165, 1.54) is 0 Å². The zero-order valence-corrected chi connectivity index (χ0v) is 12.5. The van der Waals surface area contributed by atoms with Crippen molar-refractivity contribution in [3.63, 3.8) is 0 Å². The van der Waals surface area contributed by atoms with Gasteiger partial charge < -0.3 is 10.2 Å². The molecule has 20 heavy (non-hydrogen) atoms. The summed E-state index contributed by atoms with van der Waals surface area (Å²) in [6, 6.07) is 1.93. The van der Waals surface area contributed by atoms with Crippen molar-refractivity contribution in [3.05, 3.63) is 12.3 Å². The van der Waals surface area contributed by atoms with Crippen LogP contribution in [-0.2, 0) is 6.54 Å². The van der Waals surface area contributed by atoms with Crippen molar-refractivity contribution >= 4 is 11.9 Å². The van der Waals surface area contributed by atoms with Crippen molar-refractivity contribution in [2.75, 3.05) is 30.9 Å². The average molecular weight is 275 g/mol. The van der Waals surface area contributed by atoms with Crippen LogP contribution in [0, 0.1) is 0 Å². The van der Waals surface area contributed by atoms with Crippen LogP contribution in [0.1, 0.15) is 20.3 Å². The monoisotopic (exact) mass is 275 g/mol. The molecule has 0 fully saturated rings. The van der Waals surface area contributed by atoms with E-state index in [2.05, 4.69) is 32.3 Å². The van der Waals surface area contributed by atoms with Crippen LogP contribution in [-0.4, -0.2) is 45.4 Å². The largest absolute Gasteiger partial charge is 0.354 e. The fourth-order valence-electron chi connectivity index (χ4n) is 1.83. The molecule has 0 unspecified atom stereocenters. The minimum absolute atomic E-state index is 0.588. The number of nitrogens with one attached hydrogen (secondary N) is 1. The maximum atomic E-state index is 4.50. The number of rotatable bonds is 6. The molecule has 0 aliphatic carbocycles. The average Bonchev–Trinajstić information content (AvgIpc) is 2.87. The minimum Gasteiger partial charge on any atom is -0.354 e. The van der Waals surface area contributed by atoms with E-state index in [1.807, 2.05) is 36.7 Å². The fraction of sp³-hybridized carbons (Fsp3) is 0.538. The predicted molar refractivity (Wildman–Crippen MR) is 79.8 cm³/mol. The van der Waals surface area contributed by atoms with Gasteiger partial charge in [0.25, 0.3) is 0 Å². The lowest BCUT2D eigenvalue weighted by atomic mass is 10.4. The van der Waals surface area contributed by atoms with Gasteiger partial charge in [-0.3, -0.25) is 4.68 Å². The molecule has 0 spiro atoms. The summed E-state index contributed by atoms with van der Waals surface area (Å²) in [5.41, 5.74) is 0.913. The molecule has 2 aromatic heterocycles. The van der Waals surface area contributed by atoms with Crippen LogP contribution in [0.5, 0.6) is 0 Å². The van der Waals surface area contributed by atoms with E-state index < -0.39 is 0 Å². The summed E-state index contributed by atoms with van der Waals surface area (Å²) >= 11 is 0. The number of anilines is 2. The molecular formula is C13H21N7. The number of aromatic nitrogens is 5. The van der Waals surface area contributed by atoms with Gasteiger partial charge in [0.2, 0.25) is 11.9 Å². The van der Waals surface area contributed by atoms with Crippen molar-refractivity contribution in [2.45, 2.75) is 26.8 Å². The van der Waals surface area contributed by atoms with Crippen molar-refractivity contribution in [1.29, 1.82) is 0 Å². The molecule has 2 heterocycles. The highest BCUT2D eigenvalue weighted by Crippen LogP contribution is 2.18. The van der Waals surface area contributed by atoms with Crippen molar-refractivity contribution < 1.29 is 0 Å². The summed E-state index contributed by atoms with van der Waals surface area (Å²) in [5.74, 6) is 1.87. The summed E-state index contributed by atoms with van der Waals surface area (Å²) in [6.45, 7) is 5.75. The summed E-state index contributed by atoms with van der Waals surface area (Å²) in [5, 5.41) is 7.45. The van der Waals surface area contributed by atoms with Crippen LogP contribution < -0.4 is 10.2 Å². The van der Waals surface area contributed by atoms with Gasteiger partial charge in [0.05, 0.1) is 0 Å². The van der Waals surface area contributed by atoms with E-state index in [4.69, 9.17) is 0 Å². The Labute approximate surface area is 119 Å². The van der Waals surface area contributed by atoms with Gasteiger partial charge in [0, 0.05) is 33.4 Å². The fourth-order valence-corrected chi connectivity index (χ4v) is 1.83. The molecule has 7 heteroatoms. The smallest absolute Gasteiger partial charge is 0.230 e. The first-order chi connectivity index (χ1) is 9.65. The van der Waals surface area contributed by atoms with Gasteiger partial charge in [0.1, 0.15) is 5.69 Å². The van der Waals surface area contributed by atoms with Crippen LogP contribution in [0.3, 0.4) is 0 Å². The van der Waals surface area contributed by atoms with Gasteiger partial charge in [0.15, 0.2) is 5.82 Å². The van der Waals surface area contributed by atoms with Gasteiger partial charge in [-0.2, -0.15) is 20.1 Å². The second kappa shape index (κ2) is 6.31. The Kier molecular flexibility index (Phi) is 4.49. The summed E-state index contributed by atoms with van der Waals surface area (Å²) in [7, 11) is 3.83.